The second-order valence-corrected chi connectivity index (χ2v) is 7.26. The number of piperazine rings is 1. The van der Waals surface area contributed by atoms with Crippen LogP contribution in [0.1, 0.15) is 28.4 Å². The molecular weight excluding hydrogens is 376 g/mol. The standard InChI is InChI=1S/C22H25ClN2O3/c1-3-28-20-9-8-18(14-16(20)2)22(27)25-12-10-24(11-13-25)21(26)15-17-6-4-5-7-19(17)23/h4-9,14H,3,10-13,15H2,1-2H3. The maximum Gasteiger partial charge on any atom is 0.253 e. The predicted octanol–water partition coefficient (Wildman–Crippen LogP) is 3.57. The minimum absolute atomic E-state index is 0.00986. The number of benzene rings is 2. The van der Waals surface area contributed by atoms with E-state index in [-0.39, 0.29) is 18.2 Å². The average molecular weight is 401 g/mol. The molecule has 0 bridgehead atoms. The van der Waals surface area contributed by atoms with E-state index in [1.165, 1.54) is 0 Å². The van der Waals surface area contributed by atoms with Crippen molar-refractivity contribution < 1.29 is 14.3 Å². The van der Waals surface area contributed by atoms with E-state index >= 15 is 0 Å². The molecule has 1 saturated heterocycles. The number of carbonyl (C=O) groups excluding carboxylic acids is 2. The first-order valence-corrected chi connectivity index (χ1v) is 9.91. The normalized spacial score (nSPS) is 14.1. The number of amides is 2. The van der Waals surface area contributed by atoms with Crippen LogP contribution >= 0.6 is 11.6 Å². The number of nitrogens with zero attached hydrogens (tertiary/aromatic N) is 2. The van der Waals surface area contributed by atoms with Gasteiger partial charge in [0.15, 0.2) is 0 Å². The van der Waals surface area contributed by atoms with E-state index in [1.807, 2.05) is 44.2 Å². The zero-order chi connectivity index (χ0) is 20.1. The number of ether oxygens (including phenoxy) is 1. The summed E-state index contributed by atoms with van der Waals surface area (Å²) in [5.41, 5.74) is 2.43. The Morgan fingerprint density at radius 1 is 1.04 bits per heavy atom. The highest BCUT2D eigenvalue weighted by Crippen LogP contribution is 2.21. The summed E-state index contributed by atoms with van der Waals surface area (Å²) in [6, 6.07) is 12.9. The van der Waals surface area contributed by atoms with Gasteiger partial charge in [-0.2, -0.15) is 0 Å². The maximum atomic E-state index is 12.8. The number of carbonyl (C=O) groups is 2. The molecule has 28 heavy (non-hydrogen) atoms. The van der Waals surface area contributed by atoms with E-state index in [0.717, 1.165) is 16.9 Å². The molecule has 2 amide bonds. The first-order valence-electron chi connectivity index (χ1n) is 9.53. The molecule has 148 valence electrons. The molecule has 2 aromatic carbocycles. The Labute approximate surface area is 170 Å². The van der Waals surface area contributed by atoms with Crippen LogP contribution in [0.15, 0.2) is 42.5 Å². The molecule has 2 aromatic rings. The molecule has 0 N–H and O–H groups in total. The van der Waals surface area contributed by atoms with Crippen LogP contribution < -0.4 is 4.74 Å². The monoisotopic (exact) mass is 400 g/mol. The SMILES string of the molecule is CCOc1ccc(C(=O)N2CCN(C(=O)Cc3ccccc3Cl)CC2)cc1C. The molecule has 6 heteroatoms. The first kappa shape index (κ1) is 20.2. The predicted molar refractivity (Wildman–Crippen MR) is 110 cm³/mol. The van der Waals surface area contributed by atoms with E-state index in [0.29, 0.717) is 43.4 Å². The fraction of sp³-hybridized carbons (Fsp3) is 0.364. The lowest BCUT2D eigenvalue weighted by Crippen LogP contribution is -2.51. The Hall–Kier alpha value is -2.53. The zero-order valence-electron chi connectivity index (χ0n) is 16.3. The van der Waals surface area contributed by atoms with Crippen LogP contribution in [0, 0.1) is 6.92 Å². The van der Waals surface area contributed by atoms with Crippen molar-refractivity contribution in [3.8, 4) is 5.75 Å². The van der Waals surface area contributed by atoms with Crippen molar-refractivity contribution in [2.24, 2.45) is 0 Å². The molecular formula is C22H25ClN2O3. The molecule has 0 saturated carbocycles. The molecule has 0 unspecified atom stereocenters. The van der Waals surface area contributed by atoms with E-state index < -0.39 is 0 Å². The van der Waals surface area contributed by atoms with Gasteiger partial charge in [0.25, 0.3) is 5.91 Å². The van der Waals surface area contributed by atoms with Gasteiger partial charge in [-0.1, -0.05) is 29.8 Å². The van der Waals surface area contributed by atoms with Gasteiger partial charge in [0.05, 0.1) is 13.0 Å². The van der Waals surface area contributed by atoms with Crippen molar-refractivity contribution in [2.45, 2.75) is 20.3 Å². The lowest BCUT2D eigenvalue weighted by atomic mass is 10.1. The third-order valence-corrected chi connectivity index (χ3v) is 5.31. The van der Waals surface area contributed by atoms with Gasteiger partial charge < -0.3 is 14.5 Å². The number of halogens is 1. The highest BCUT2D eigenvalue weighted by atomic mass is 35.5. The van der Waals surface area contributed by atoms with E-state index in [2.05, 4.69) is 0 Å². The Bertz CT molecular complexity index is 861. The fourth-order valence-electron chi connectivity index (χ4n) is 3.36. The van der Waals surface area contributed by atoms with Gasteiger partial charge in [0.2, 0.25) is 5.91 Å². The van der Waals surface area contributed by atoms with Crippen molar-refractivity contribution in [3.05, 3.63) is 64.2 Å². The van der Waals surface area contributed by atoms with Gasteiger partial charge in [-0.05, 0) is 49.2 Å². The zero-order valence-corrected chi connectivity index (χ0v) is 17.0. The van der Waals surface area contributed by atoms with E-state index in [4.69, 9.17) is 16.3 Å². The fourth-order valence-corrected chi connectivity index (χ4v) is 3.56. The highest BCUT2D eigenvalue weighted by molar-refractivity contribution is 6.31. The molecule has 1 aliphatic rings. The number of rotatable bonds is 5. The minimum Gasteiger partial charge on any atom is -0.494 e. The Kier molecular flexibility index (Phi) is 6.57. The summed E-state index contributed by atoms with van der Waals surface area (Å²) >= 11 is 6.15. The summed E-state index contributed by atoms with van der Waals surface area (Å²) in [4.78, 5) is 29.0. The van der Waals surface area contributed by atoms with Crippen LogP contribution in [0.3, 0.4) is 0 Å². The Morgan fingerprint density at radius 3 is 2.36 bits per heavy atom. The van der Waals surface area contributed by atoms with Crippen LogP contribution in [-0.4, -0.2) is 54.4 Å². The van der Waals surface area contributed by atoms with Gasteiger partial charge >= 0.3 is 0 Å². The third kappa shape index (κ3) is 4.65. The van der Waals surface area contributed by atoms with E-state index in [9.17, 15) is 9.59 Å². The largest absolute Gasteiger partial charge is 0.494 e. The van der Waals surface area contributed by atoms with Gasteiger partial charge in [0.1, 0.15) is 5.75 Å². The Morgan fingerprint density at radius 2 is 1.71 bits per heavy atom. The molecule has 1 fully saturated rings. The van der Waals surface area contributed by atoms with Gasteiger partial charge in [0, 0.05) is 36.8 Å². The molecule has 5 nitrogen and oxygen atoms in total. The van der Waals surface area contributed by atoms with Crippen LogP contribution in [0.4, 0.5) is 0 Å². The lowest BCUT2D eigenvalue weighted by molar-refractivity contribution is -0.131. The van der Waals surface area contributed by atoms with E-state index in [1.54, 1.807) is 21.9 Å². The smallest absolute Gasteiger partial charge is 0.253 e. The first-order chi connectivity index (χ1) is 13.5. The summed E-state index contributed by atoms with van der Waals surface area (Å²) in [5.74, 6) is 0.829. The summed E-state index contributed by atoms with van der Waals surface area (Å²) in [5, 5.41) is 0.607. The topological polar surface area (TPSA) is 49.9 Å². The molecule has 0 spiro atoms. The molecule has 0 atom stereocenters. The third-order valence-electron chi connectivity index (χ3n) is 4.94. The van der Waals surface area contributed by atoms with Gasteiger partial charge in [-0.15, -0.1) is 0 Å². The average Bonchev–Trinajstić information content (AvgIpc) is 2.71. The van der Waals surface area contributed by atoms with Crippen molar-refractivity contribution in [1.29, 1.82) is 0 Å². The number of hydrogen-bond acceptors (Lipinski definition) is 3. The molecule has 1 heterocycles. The quantitative estimate of drug-likeness (QED) is 0.770. The second-order valence-electron chi connectivity index (χ2n) is 6.85. The second kappa shape index (κ2) is 9.11. The van der Waals surface area contributed by atoms with Gasteiger partial charge in [-0.25, -0.2) is 0 Å². The molecule has 3 rings (SSSR count). The minimum atomic E-state index is -0.00986. The van der Waals surface area contributed by atoms with Crippen molar-refractivity contribution >= 4 is 23.4 Å². The van der Waals surface area contributed by atoms with Crippen molar-refractivity contribution in [3.63, 3.8) is 0 Å². The summed E-state index contributed by atoms with van der Waals surface area (Å²) in [7, 11) is 0. The molecule has 0 aliphatic carbocycles. The van der Waals surface area contributed by atoms with Crippen molar-refractivity contribution in [1.82, 2.24) is 9.80 Å². The van der Waals surface area contributed by atoms with Crippen LogP contribution in [0.2, 0.25) is 5.02 Å². The molecule has 0 radical (unpaired) electrons. The van der Waals surface area contributed by atoms with Crippen LogP contribution in [0.25, 0.3) is 0 Å². The maximum absolute atomic E-state index is 12.8. The number of aryl methyl sites for hydroxylation is 1. The van der Waals surface area contributed by atoms with Crippen LogP contribution in [-0.2, 0) is 11.2 Å². The summed E-state index contributed by atoms with van der Waals surface area (Å²) < 4.78 is 5.54. The van der Waals surface area contributed by atoms with Gasteiger partial charge in [-0.3, -0.25) is 9.59 Å². The highest BCUT2D eigenvalue weighted by Gasteiger charge is 2.25. The summed E-state index contributed by atoms with van der Waals surface area (Å²) in [6.45, 7) is 6.59. The molecule has 1 aliphatic heterocycles. The number of hydrogen-bond donors (Lipinski definition) is 0. The van der Waals surface area contributed by atoms with Crippen molar-refractivity contribution in [2.75, 3.05) is 32.8 Å². The van der Waals surface area contributed by atoms with Crippen LogP contribution in [0.5, 0.6) is 5.75 Å². The molecule has 0 aromatic heterocycles. The Balaban J connectivity index is 1.57. The summed E-state index contributed by atoms with van der Waals surface area (Å²) in [6.07, 6.45) is 0.283. The lowest BCUT2D eigenvalue weighted by Gasteiger charge is -2.35.